The average Bonchev–Trinajstić information content (AvgIpc) is 2.88. The summed E-state index contributed by atoms with van der Waals surface area (Å²) in [4.78, 5) is 13.1. The summed E-state index contributed by atoms with van der Waals surface area (Å²) < 4.78 is 0. The maximum absolute atomic E-state index is 11.9. The van der Waals surface area contributed by atoms with Gasteiger partial charge in [0.25, 0.3) is 0 Å². The number of nitriles is 1. The van der Waals surface area contributed by atoms with Crippen molar-refractivity contribution in [2.75, 3.05) is 11.1 Å². The molecule has 21 heavy (non-hydrogen) atoms. The van der Waals surface area contributed by atoms with Crippen molar-refractivity contribution >= 4 is 34.0 Å². The van der Waals surface area contributed by atoms with Crippen LogP contribution < -0.4 is 5.32 Å². The molecule has 0 radical (unpaired) electrons. The van der Waals surface area contributed by atoms with Gasteiger partial charge in [-0.1, -0.05) is 17.7 Å². The maximum Gasteiger partial charge on any atom is 0.225 e. The van der Waals surface area contributed by atoms with Crippen LogP contribution in [0.5, 0.6) is 0 Å². The summed E-state index contributed by atoms with van der Waals surface area (Å²) in [6, 6.07) is 10.1. The zero-order chi connectivity index (χ0) is 15.2. The van der Waals surface area contributed by atoms with Crippen molar-refractivity contribution in [1.82, 2.24) is 0 Å². The minimum Gasteiger partial charge on any atom is -0.317 e. The van der Waals surface area contributed by atoms with E-state index in [1.54, 1.807) is 23.2 Å². The third-order valence-corrected chi connectivity index (χ3v) is 4.96. The number of thioether (sulfide) groups is 1. The van der Waals surface area contributed by atoms with Crippen LogP contribution in [0.15, 0.2) is 34.5 Å². The molecule has 1 aromatic carbocycles. The average molecular weight is 316 g/mol. The molecule has 0 saturated heterocycles. The maximum atomic E-state index is 11.9. The summed E-state index contributed by atoms with van der Waals surface area (Å²) in [6.07, 6.45) is 0.431. The van der Waals surface area contributed by atoms with Crippen LogP contribution in [0.4, 0.5) is 5.00 Å². The van der Waals surface area contributed by atoms with Crippen molar-refractivity contribution in [2.45, 2.75) is 25.2 Å². The molecule has 0 saturated carbocycles. The number of benzene rings is 1. The molecule has 1 heterocycles. The second kappa shape index (κ2) is 7.30. The summed E-state index contributed by atoms with van der Waals surface area (Å²) in [5, 5.41) is 14.1. The Morgan fingerprint density at radius 1 is 1.38 bits per heavy atom. The van der Waals surface area contributed by atoms with Crippen LogP contribution >= 0.6 is 23.1 Å². The normalized spacial score (nSPS) is 10.1. The number of nitrogens with zero attached hydrogens (tertiary/aromatic N) is 1. The number of hydrogen-bond donors (Lipinski definition) is 1. The first-order chi connectivity index (χ1) is 10.1. The lowest BCUT2D eigenvalue weighted by Gasteiger charge is -2.07. The molecule has 0 aliphatic heterocycles. The van der Waals surface area contributed by atoms with Gasteiger partial charge in [-0.15, -0.1) is 23.1 Å². The molecular formula is C16H16N2OS2. The number of anilines is 1. The van der Waals surface area contributed by atoms with Crippen LogP contribution in [-0.2, 0) is 4.79 Å². The fraction of sp³-hybridized carbons (Fsp3) is 0.250. The molecule has 1 aromatic heterocycles. The minimum absolute atomic E-state index is 0.0498. The molecule has 0 atom stereocenters. The molecule has 2 aromatic rings. The van der Waals surface area contributed by atoms with Crippen molar-refractivity contribution in [2.24, 2.45) is 0 Å². The molecular weight excluding hydrogens is 300 g/mol. The van der Waals surface area contributed by atoms with Gasteiger partial charge in [0, 0.05) is 17.1 Å². The predicted octanol–water partition coefficient (Wildman–Crippen LogP) is 4.36. The highest BCUT2D eigenvalue weighted by molar-refractivity contribution is 7.99. The van der Waals surface area contributed by atoms with E-state index in [1.807, 2.05) is 0 Å². The van der Waals surface area contributed by atoms with E-state index in [2.05, 4.69) is 43.4 Å². The Labute approximate surface area is 133 Å². The monoisotopic (exact) mass is 316 g/mol. The third-order valence-electron chi connectivity index (χ3n) is 2.96. The molecule has 0 fully saturated rings. The molecule has 0 aliphatic carbocycles. The van der Waals surface area contributed by atoms with Crippen LogP contribution in [0, 0.1) is 25.2 Å². The Morgan fingerprint density at radius 2 is 2.19 bits per heavy atom. The summed E-state index contributed by atoms with van der Waals surface area (Å²) in [5.41, 5.74) is 3.01. The van der Waals surface area contributed by atoms with E-state index >= 15 is 0 Å². The lowest BCUT2D eigenvalue weighted by Crippen LogP contribution is -2.11. The number of hydrogen-bond acceptors (Lipinski definition) is 4. The van der Waals surface area contributed by atoms with Gasteiger partial charge in [-0.2, -0.15) is 5.26 Å². The summed E-state index contributed by atoms with van der Waals surface area (Å²) in [5.74, 6) is 0.675. The molecule has 0 bridgehead atoms. The fourth-order valence-corrected chi connectivity index (χ4v) is 3.61. The number of nitrogens with one attached hydrogen (secondary N) is 1. The number of rotatable bonds is 5. The Balaban J connectivity index is 1.83. The van der Waals surface area contributed by atoms with E-state index in [0.717, 1.165) is 5.75 Å². The van der Waals surface area contributed by atoms with Crippen molar-refractivity contribution in [3.05, 3.63) is 46.3 Å². The van der Waals surface area contributed by atoms with Gasteiger partial charge < -0.3 is 5.32 Å². The van der Waals surface area contributed by atoms with E-state index < -0.39 is 0 Å². The lowest BCUT2D eigenvalue weighted by molar-refractivity contribution is -0.115. The van der Waals surface area contributed by atoms with Crippen molar-refractivity contribution in [3.8, 4) is 6.07 Å². The SMILES string of the molecule is Cc1ccc(SCCC(=O)Nc2sccc2C#N)c(C)c1. The first-order valence-corrected chi connectivity index (χ1v) is 8.44. The molecule has 0 aliphatic rings. The highest BCUT2D eigenvalue weighted by Gasteiger charge is 2.08. The Bertz CT molecular complexity index is 686. The highest BCUT2D eigenvalue weighted by atomic mass is 32.2. The number of carbonyl (C=O) groups excluding carboxylic acids is 1. The molecule has 1 amide bonds. The van der Waals surface area contributed by atoms with E-state index in [0.29, 0.717) is 17.0 Å². The van der Waals surface area contributed by atoms with Gasteiger partial charge in [0.2, 0.25) is 5.91 Å². The topological polar surface area (TPSA) is 52.9 Å². The summed E-state index contributed by atoms with van der Waals surface area (Å²) in [6.45, 7) is 4.16. The number of aryl methyl sites for hydroxylation is 2. The van der Waals surface area contributed by atoms with E-state index in [-0.39, 0.29) is 5.91 Å². The third kappa shape index (κ3) is 4.35. The number of amides is 1. The first kappa shape index (κ1) is 15.6. The molecule has 108 valence electrons. The Hall–Kier alpha value is -1.77. The number of thiophene rings is 1. The number of carbonyl (C=O) groups is 1. The fourth-order valence-electron chi connectivity index (χ4n) is 1.90. The minimum atomic E-state index is -0.0498. The lowest BCUT2D eigenvalue weighted by atomic mass is 10.2. The van der Waals surface area contributed by atoms with E-state index in [1.165, 1.54) is 27.4 Å². The first-order valence-electron chi connectivity index (χ1n) is 6.57. The summed E-state index contributed by atoms with van der Waals surface area (Å²) in [7, 11) is 0. The van der Waals surface area contributed by atoms with E-state index in [4.69, 9.17) is 5.26 Å². The largest absolute Gasteiger partial charge is 0.317 e. The van der Waals surface area contributed by atoms with Crippen LogP contribution in [0.1, 0.15) is 23.1 Å². The molecule has 3 nitrogen and oxygen atoms in total. The Morgan fingerprint density at radius 3 is 2.90 bits per heavy atom. The molecule has 5 heteroatoms. The van der Waals surface area contributed by atoms with Crippen LogP contribution in [0.25, 0.3) is 0 Å². The zero-order valence-corrected chi connectivity index (χ0v) is 13.6. The van der Waals surface area contributed by atoms with Crippen LogP contribution in [0.3, 0.4) is 0 Å². The smallest absolute Gasteiger partial charge is 0.225 e. The van der Waals surface area contributed by atoms with Crippen molar-refractivity contribution in [3.63, 3.8) is 0 Å². The second-order valence-electron chi connectivity index (χ2n) is 4.69. The van der Waals surface area contributed by atoms with Gasteiger partial charge >= 0.3 is 0 Å². The molecule has 2 rings (SSSR count). The van der Waals surface area contributed by atoms with Gasteiger partial charge in [-0.25, -0.2) is 0 Å². The van der Waals surface area contributed by atoms with Gasteiger partial charge in [0.05, 0.1) is 5.56 Å². The Kier molecular flexibility index (Phi) is 5.43. The summed E-state index contributed by atoms with van der Waals surface area (Å²) >= 11 is 3.06. The molecule has 0 unspecified atom stereocenters. The van der Waals surface area contributed by atoms with Gasteiger partial charge in [0.15, 0.2) is 0 Å². The molecule has 1 N–H and O–H groups in total. The zero-order valence-electron chi connectivity index (χ0n) is 12.0. The van der Waals surface area contributed by atoms with Crippen molar-refractivity contribution in [1.29, 1.82) is 5.26 Å². The van der Waals surface area contributed by atoms with Crippen LogP contribution in [0.2, 0.25) is 0 Å². The van der Waals surface area contributed by atoms with Crippen molar-refractivity contribution < 1.29 is 4.79 Å². The van der Waals surface area contributed by atoms with Crippen LogP contribution in [-0.4, -0.2) is 11.7 Å². The van der Waals surface area contributed by atoms with Gasteiger partial charge in [0.1, 0.15) is 11.1 Å². The second-order valence-corrected chi connectivity index (χ2v) is 6.74. The van der Waals surface area contributed by atoms with E-state index in [9.17, 15) is 4.79 Å². The van der Waals surface area contributed by atoms with Gasteiger partial charge in [-0.3, -0.25) is 4.79 Å². The standard InChI is InChI=1S/C16H16N2OS2/c1-11-3-4-14(12(2)9-11)20-8-6-15(19)18-16-13(10-17)5-7-21-16/h3-5,7,9H,6,8H2,1-2H3,(H,18,19). The highest BCUT2D eigenvalue weighted by Crippen LogP contribution is 2.25. The quantitative estimate of drug-likeness (QED) is 0.834. The molecule has 0 spiro atoms. The predicted molar refractivity (Wildman–Crippen MR) is 88.9 cm³/mol. The van der Waals surface area contributed by atoms with Gasteiger partial charge in [-0.05, 0) is 36.9 Å².